The zero-order valence-corrected chi connectivity index (χ0v) is 25.7. The molecule has 13 heteroatoms. The van der Waals surface area contributed by atoms with Gasteiger partial charge < -0.3 is 14.2 Å². The number of alkyl halides is 2. The van der Waals surface area contributed by atoms with Gasteiger partial charge in [-0.25, -0.2) is 8.42 Å². The van der Waals surface area contributed by atoms with Gasteiger partial charge in [0, 0.05) is 41.7 Å². The number of para-hydroxylation sites is 1. The molecule has 0 saturated heterocycles. The molecule has 1 aliphatic heterocycles. The van der Waals surface area contributed by atoms with Crippen molar-refractivity contribution in [1.82, 2.24) is 15.0 Å². The highest BCUT2D eigenvalue weighted by atomic mass is 32.2. The maximum absolute atomic E-state index is 13.9. The van der Waals surface area contributed by atoms with Crippen LogP contribution in [0.15, 0.2) is 66.4 Å². The van der Waals surface area contributed by atoms with Crippen LogP contribution >= 0.6 is 0 Å². The van der Waals surface area contributed by atoms with E-state index in [-0.39, 0.29) is 17.1 Å². The van der Waals surface area contributed by atoms with E-state index in [1.807, 2.05) is 24.6 Å². The topological polar surface area (TPSA) is 133 Å². The standard InChI is InChI=1S/C32H33F2N3O7S/c1-4-42-30-22-10-8-14-35-27(22)26-25(29(30)39)28(36-31(26)43-5-2)21-13-12-19(15-18(21)3)17-45(40,41)37-24(38)16-20-9-6-7-11-23(20)44-32(33)34/h6-15,28,30-32,36H,4-5,16-17H2,1-3H3,(H,37,38). The van der Waals surface area contributed by atoms with E-state index in [2.05, 4.69) is 15.0 Å². The lowest BCUT2D eigenvalue weighted by atomic mass is 9.82. The number of ketones is 1. The maximum Gasteiger partial charge on any atom is 0.387 e. The zero-order chi connectivity index (χ0) is 32.3. The number of aromatic nitrogens is 1. The average molecular weight is 642 g/mol. The fourth-order valence-corrected chi connectivity index (χ4v) is 6.91. The van der Waals surface area contributed by atoms with Crippen LogP contribution in [0.1, 0.15) is 59.5 Å². The van der Waals surface area contributed by atoms with Crippen molar-refractivity contribution in [3.8, 4) is 5.75 Å². The minimum absolute atomic E-state index is 0.121. The molecule has 10 nitrogen and oxygen atoms in total. The van der Waals surface area contributed by atoms with Crippen LogP contribution in [-0.2, 0) is 41.3 Å². The first-order valence-corrected chi connectivity index (χ1v) is 16.1. The van der Waals surface area contributed by atoms with Crippen molar-refractivity contribution in [2.24, 2.45) is 0 Å². The second-order valence-electron chi connectivity index (χ2n) is 10.5. The van der Waals surface area contributed by atoms with E-state index in [9.17, 15) is 26.8 Å². The van der Waals surface area contributed by atoms with Crippen LogP contribution in [0.4, 0.5) is 8.78 Å². The Morgan fingerprint density at radius 2 is 1.78 bits per heavy atom. The molecule has 2 N–H and O–H groups in total. The first-order chi connectivity index (χ1) is 21.5. The largest absolute Gasteiger partial charge is 0.435 e. The van der Waals surface area contributed by atoms with Gasteiger partial charge in [0.1, 0.15) is 18.1 Å². The first kappa shape index (κ1) is 32.4. The van der Waals surface area contributed by atoms with Crippen LogP contribution in [0.3, 0.4) is 0 Å². The van der Waals surface area contributed by atoms with Gasteiger partial charge in [-0.15, -0.1) is 0 Å². The summed E-state index contributed by atoms with van der Waals surface area (Å²) >= 11 is 0. The van der Waals surface area contributed by atoms with Gasteiger partial charge in [0.25, 0.3) is 0 Å². The zero-order valence-electron chi connectivity index (χ0n) is 24.9. The first-order valence-electron chi connectivity index (χ1n) is 14.4. The van der Waals surface area contributed by atoms with Crippen LogP contribution in [0, 0.1) is 6.92 Å². The molecule has 3 aromatic rings. The Morgan fingerprint density at radius 1 is 1.02 bits per heavy atom. The number of sulfonamides is 1. The number of carbonyl (C=O) groups is 2. The van der Waals surface area contributed by atoms with E-state index in [0.717, 1.165) is 5.56 Å². The summed E-state index contributed by atoms with van der Waals surface area (Å²) in [6.07, 6.45) is -0.223. The molecular weight excluding hydrogens is 608 g/mol. The van der Waals surface area contributed by atoms with Crippen molar-refractivity contribution < 1.29 is 41.0 Å². The van der Waals surface area contributed by atoms with Gasteiger partial charge in [-0.2, -0.15) is 8.78 Å². The molecule has 2 aliphatic rings. The normalized spacial score (nSPS) is 19.4. The molecule has 45 heavy (non-hydrogen) atoms. The maximum atomic E-state index is 13.9. The lowest BCUT2D eigenvalue weighted by Crippen LogP contribution is -2.33. The molecular formula is C32H33F2N3O7S. The number of ether oxygens (including phenoxy) is 3. The molecule has 0 bridgehead atoms. The summed E-state index contributed by atoms with van der Waals surface area (Å²) in [7, 11) is -4.14. The highest BCUT2D eigenvalue weighted by molar-refractivity contribution is 7.89. The average Bonchev–Trinajstić information content (AvgIpc) is 3.35. The number of nitrogens with one attached hydrogen (secondary N) is 2. The van der Waals surface area contributed by atoms with E-state index in [4.69, 9.17) is 9.47 Å². The van der Waals surface area contributed by atoms with Gasteiger partial charge >= 0.3 is 6.61 Å². The van der Waals surface area contributed by atoms with E-state index in [1.165, 1.54) is 24.3 Å². The van der Waals surface area contributed by atoms with Crippen molar-refractivity contribution in [2.45, 2.75) is 57.9 Å². The molecule has 2 heterocycles. The van der Waals surface area contributed by atoms with E-state index < -0.39 is 53.1 Å². The summed E-state index contributed by atoms with van der Waals surface area (Å²) in [5.41, 5.74) is 4.45. The summed E-state index contributed by atoms with van der Waals surface area (Å²) in [5, 5.41) is 3.41. The Morgan fingerprint density at radius 3 is 2.49 bits per heavy atom. The Bertz CT molecular complexity index is 1750. The number of nitrogens with zero attached hydrogens (tertiary/aromatic N) is 1. The van der Waals surface area contributed by atoms with Gasteiger partial charge in [0.15, 0.2) is 5.78 Å². The quantitative estimate of drug-likeness (QED) is 0.297. The number of halogens is 2. The van der Waals surface area contributed by atoms with Crippen LogP contribution in [0.5, 0.6) is 5.75 Å². The van der Waals surface area contributed by atoms with Gasteiger partial charge in [0.05, 0.1) is 23.9 Å². The van der Waals surface area contributed by atoms with Crippen LogP contribution in [-0.4, -0.2) is 51.1 Å². The Labute approximate surface area is 259 Å². The van der Waals surface area contributed by atoms with Crippen molar-refractivity contribution >= 4 is 27.3 Å². The molecule has 1 amide bonds. The summed E-state index contributed by atoms with van der Waals surface area (Å²) in [5.74, 6) is -1.80. The number of amides is 1. The molecule has 3 unspecified atom stereocenters. The highest BCUT2D eigenvalue weighted by Crippen LogP contribution is 2.47. The number of Topliss-reactive ketones (excluding diaryl/α,β-unsaturated/α-hetero) is 1. The molecule has 0 fully saturated rings. The summed E-state index contributed by atoms with van der Waals surface area (Å²) in [6, 6.07) is 13.7. The predicted octanol–water partition coefficient (Wildman–Crippen LogP) is 4.30. The number of benzene rings is 2. The monoisotopic (exact) mass is 641 g/mol. The third-order valence-corrected chi connectivity index (χ3v) is 8.77. The number of pyridine rings is 1. The third kappa shape index (κ3) is 6.96. The lowest BCUT2D eigenvalue weighted by molar-refractivity contribution is -0.127. The molecule has 238 valence electrons. The fourth-order valence-electron chi connectivity index (χ4n) is 5.80. The van der Waals surface area contributed by atoms with Crippen LogP contribution in [0.2, 0.25) is 0 Å². The molecule has 3 atom stereocenters. The molecule has 5 rings (SSSR count). The van der Waals surface area contributed by atoms with Crippen molar-refractivity contribution in [2.75, 3.05) is 13.2 Å². The third-order valence-electron chi connectivity index (χ3n) is 7.52. The van der Waals surface area contributed by atoms with Crippen molar-refractivity contribution in [1.29, 1.82) is 0 Å². The molecule has 1 aliphatic carbocycles. The number of aryl methyl sites for hydroxylation is 1. The molecule has 1 aromatic heterocycles. The predicted molar refractivity (Wildman–Crippen MR) is 161 cm³/mol. The van der Waals surface area contributed by atoms with Gasteiger partial charge in [-0.1, -0.05) is 42.5 Å². The lowest BCUT2D eigenvalue weighted by Gasteiger charge is -2.27. The number of hydrogen-bond acceptors (Lipinski definition) is 9. The smallest absolute Gasteiger partial charge is 0.387 e. The van der Waals surface area contributed by atoms with Crippen LogP contribution in [0.25, 0.3) is 5.57 Å². The van der Waals surface area contributed by atoms with Crippen molar-refractivity contribution in [3.05, 3.63) is 99.9 Å². The second-order valence-corrected chi connectivity index (χ2v) is 12.3. The Balaban J connectivity index is 1.37. The molecule has 0 saturated carbocycles. The minimum Gasteiger partial charge on any atom is -0.435 e. The molecule has 2 aromatic carbocycles. The molecule has 0 spiro atoms. The van der Waals surface area contributed by atoms with Crippen molar-refractivity contribution in [3.63, 3.8) is 0 Å². The Kier molecular flexibility index (Phi) is 9.73. The summed E-state index contributed by atoms with van der Waals surface area (Å²) in [4.78, 5) is 31.0. The van der Waals surface area contributed by atoms with E-state index in [1.54, 1.807) is 37.4 Å². The number of fused-ring (bicyclic) bond motifs is 2. The highest BCUT2D eigenvalue weighted by Gasteiger charge is 2.47. The number of hydrogen-bond donors (Lipinski definition) is 2. The summed E-state index contributed by atoms with van der Waals surface area (Å²) in [6.45, 7) is 3.11. The van der Waals surface area contributed by atoms with Gasteiger partial charge in [0.2, 0.25) is 15.9 Å². The van der Waals surface area contributed by atoms with E-state index in [0.29, 0.717) is 46.7 Å². The second kappa shape index (κ2) is 13.5. The minimum atomic E-state index is -4.14. The van der Waals surface area contributed by atoms with Gasteiger partial charge in [-0.05, 0) is 49.6 Å². The SMILES string of the molecule is CCOC1NC(c2ccc(CS(=O)(=O)NC(=O)Cc3ccccc3OC(F)F)cc2C)C2=C1c1ncccc1C(OCC)C2=O. The Hall–Kier alpha value is -4.04. The fraction of sp³-hybridized carbons (Fsp3) is 0.344. The van der Waals surface area contributed by atoms with Gasteiger partial charge in [-0.3, -0.25) is 24.6 Å². The van der Waals surface area contributed by atoms with Crippen LogP contribution < -0.4 is 14.8 Å². The molecule has 0 radical (unpaired) electrons. The summed E-state index contributed by atoms with van der Waals surface area (Å²) < 4.78 is 69.5. The number of rotatable bonds is 12. The number of carbonyl (C=O) groups excluding carboxylic acids is 2. The van der Waals surface area contributed by atoms with E-state index >= 15 is 0 Å².